The Morgan fingerprint density at radius 3 is 2.53 bits per heavy atom. The summed E-state index contributed by atoms with van der Waals surface area (Å²) >= 11 is 0. The largest absolute Gasteiger partial charge is 0.383 e. The van der Waals surface area contributed by atoms with Gasteiger partial charge in [-0.3, -0.25) is 5.10 Å². The summed E-state index contributed by atoms with van der Waals surface area (Å²) in [5, 5.41) is 6.00. The van der Waals surface area contributed by atoms with E-state index in [0.717, 1.165) is 0 Å². The zero-order chi connectivity index (χ0) is 13.3. The Bertz CT molecular complexity index is 476. The third-order valence-electron chi connectivity index (χ3n) is 3.20. The Balaban J connectivity index is 2.80. The van der Waals surface area contributed by atoms with Crippen molar-refractivity contribution in [1.82, 2.24) is 14.9 Å². The van der Waals surface area contributed by atoms with Crippen molar-refractivity contribution in [2.24, 2.45) is 11.3 Å². The number of nitrogens with zero attached hydrogens (tertiary/aromatic N) is 1. The van der Waals surface area contributed by atoms with Crippen molar-refractivity contribution < 1.29 is 8.42 Å². The maximum atomic E-state index is 11.9. The van der Waals surface area contributed by atoms with Gasteiger partial charge in [-0.25, -0.2) is 13.1 Å². The highest BCUT2D eigenvalue weighted by molar-refractivity contribution is 7.89. The van der Waals surface area contributed by atoms with Crippen molar-refractivity contribution in [1.29, 1.82) is 0 Å². The van der Waals surface area contributed by atoms with Gasteiger partial charge < -0.3 is 5.73 Å². The molecular formula is C10H20N4O2S. The van der Waals surface area contributed by atoms with Gasteiger partial charge >= 0.3 is 0 Å². The molecule has 0 fully saturated rings. The van der Waals surface area contributed by atoms with Crippen LogP contribution in [-0.4, -0.2) is 25.2 Å². The highest BCUT2D eigenvalue weighted by Gasteiger charge is 2.26. The second-order valence-electron chi connectivity index (χ2n) is 5.12. The molecule has 0 saturated heterocycles. The van der Waals surface area contributed by atoms with Crippen molar-refractivity contribution >= 4 is 15.8 Å². The molecule has 0 bridgehead atoms. The number of aromatic nitrogens is 2. The van der Waals surface area contributed by atoms with Crippen LogP contribution in [0.1, 0.15) is 27.7 Å². The predicted octanol–water partition coefficient (Wildman–Crippen LogP) is 0.952. The van der Waals surface area contributed by atoms with Crippen LogP contribution < -0.4 is 10.5 Å². The smallest absolute Gasteiger partial charge is 0.245 e. The normalized spacial score (nSPS) is 13.2. The van der Waals surface area contributed by atoms with Crippen molar-refractivity contribution in [2.75, 3.05) is 12.3 Å². The number of hydrogen-bond acceptors (Lipinski definition) is 4. The molecule has 1 heterocycles. The number of nitrogens with one attached hydrogen (secondary N) is 2. The van der Waals surface area contributed by atoms with E-state index in [1.54, 1.807) is 0 Å². The molecule has 0 spiro atoms. The van der Waals surface area contributed by atoms with E-state index in [9.17, 15) is 8.42 Å². The molecule has 17 heavy (non-hydrogen) atoms. The summed E-state index contributed by atoms with van der Waals surface area (Å²) in [5.74, 6) is 0.423. The fourth-order valence-electron chi connectivity index (χ4n) is 1.06. The van der Waals surface area contributed by atoms with Gasteiger partial charge in [0, 0.05) is 6.54 Å². The molecule has 0 amide bonds. The van der Waals surface area contributed by atoms with Crippen LogP contribution in [0.15, 0.2) is 11.1 Å². The van der Waals surface area contributed by atoms with Gasteiger partial charge in [-0.15, -0.1) is 0 Å². The summed E-state index contributed by atoms with van der Waals surface area (Å²) in [7, 11) is -3.58. The number of hydrogen-bond donors (Lipinski definition) is 3. The fraction of sp³-hybridized carbons (Fsp3) is 0.700. The van der Waals surface area contributed by atoms with Crippen molar-refractivity contribution in [3.8, 4) is 0 Å². The SMILES string of the molecule is CC(C)C(C)(C)CNS(=O)(=O)c1cn[nH]c1N. The zero-order valence-corrected chi connectivity index (χ0v) is 11.4. The molecule has 4 N–H and O–H groups in total. The average molecular weight is 260 g/mol. The molecule has 0 aromatic carbocycles. The van der Waals surface area contributed by atoms with Gasteiger partial charge in [-0.1, -0.05) is 27.7 Å². The van der Waals surface area contributed by atoms with Gasteiger partial charge in [0.1, 0.15) is 10.7 Å². The van der Waals surface area contributed by atoms with Crippen LogP contribution in [0.5, 0.6) is 0 Å². The lowest BCUT2D eigenvalue weighted by Crippen LogP contribution is -2.37. The Morgan fingerprint density at radius 2 is 2.12 bits per heavy atom. The lowest BCUT2D eigenvalue weighted by Gasteiger charge is -2.29. The first-order chi connectivity index (χ1) is 7.67. The summed E-state index contributed by atoms with van der Waals surface area (Å²) < 4.78 is 26.4. The monoisotopic (exact) mass is 260 g/mol. The number of rotatable bonds is 5. The summed E-state index contributed by atoms with van der Waals surface area (Å²) in [5.41, 5.74) is 5.37. The second kappa shape index (κ2) is 4.66. The zero-order valence-electron chi connectivity index (χ0n) is 10.6. The van der Waals surface area contributed by atoms with Crippen molar-refractivity contribution in [3.63, 3.8) is 0 Å². The van der Waals surface area contributed by atoms with E-state index in [-0.39, 0.29) is 16.1 Å². The lowest BCUT2D eigenvalue weighted by atomic mass is 9.81. The van der Waals surface area contributed by atoms with Crippen LogP contribution in [0.2, 0.25) is 0 Å². The Morgan fingerprint density at radius 1 is 1.53 bits per heavy atom. The standard InChI is InChI=1S/C10H20N4O2S/c1-7(2)10(3,4)6-13-17(15,16)8-5-12-14-9(8)11/h5,7,13H,6H2,1-4H3,(H3,11,12,14). The number of sulfonamides is 1. The highest BCUT2D eigenvalue weighted by Crippen LogP contribution is 2.25. The van der Waals surface area contributed by atoms with E-state index in [1.807, 2.05) is 13.8 Å². The maximum Gasteiger partial charge on any atom is 0.245 e. The third-order valence-corrected chi connectivity index (χ3v) is 4.63. The van der Waals surface area contributed by atoms with Crippen LogP contribution in [0, 0.1) is 11.3 Å². The van der Waals surface area contributed by atoms with Gasteiger partial charge in [0.25, 0.3) is 0 Å². The van der Waals surface area contributed by atoms with Gasteiger partial charge in [0.2, 0.25) is 10.0 Å². The van der Waals surface area contributed by atoms with Gasteiger partial charge in [0.15, 0.2) is 0 Å². The average Bonchev–Trinajstić information content (AvgIpc) is 2.62. The molecule has 98 valence electrons. The van der Waals surface area contributed by atoms with E-state index < -0.39 is 10.0 Å². The summed E-state index contributed by atoms with van der Waals surface area (Å²) in [6, 6.07) is 0. The number of H-pyrrole nitrogens is 1. The number of nitrogen functional groups attached to an aromatic ring is 1. The quantitative estimate of drug-likeness (QED) is 0.733. The maximum absolute atomic E-state index is 11.9. The predicted molar refractivity (Wildman–Crippen MR) is 66.8 cm³/mol. The summed E-state index contributed by atoms with van der Waals surface area (Å²) in [6.07, 6.45) is 1.21. The van der Waals surface area contributed by atoms with E-state index >= 15 is 0 Å². The molecular weight excluding hydrogens is 240 g/mol. The number of aromatic amines is 1. The molecule has 0 unspecified atom stereocenters. The fourth-order valence-corrected chi connectivity index (χ4v) is 2.31. The van der Waals surface area contributed by atoms with Gasteiger partial charge in [0.05, 0.1) is 6.20 Å². The van der Waals surface area contributed by atoms with Gasteiger partial charge in [-0.05, 0) is 11.3 Å². The third kappa shape index (κ3) is 3.19. The first-order valence-electron chi connectivity index (χ1n) is 5.45. The van der Waals surface area contributed by atoms with E-state index in [2.05, 4.69) is 28.8 Å². The molecule has 1 rings (SSSR count). The van der Waals surface area contributed by atoms with E-state index in [1.165, 1.54) is 6.20 Å². The Kier molecular flexibility index (Phi) is 3.83. The first-order valence-corrected chi connectivity index (χ1v) is 6.93. The Hall–Kier alpha value is -1.08. The van der Waals surface area contributed by atoms with Crippen LogP contribution in [0.25, 0.3) is 0 Å². The van der Waals surface area contributed by atoms with Crippen LogP contribution in [0.3, 0.4) is 0 Å². The molecule has 0 aliphatic heterocycles. The second-order valence-corrected chi connectivity index (χ2v) is 6.85. The topological polar surface area (TPSA) is 101 Å². The van der Waals surface area contributed by atoms with Crippen LogP contribution >= 0.6 is 0 Å². The molecule has 0 saturated carbocycles. The van der Waals surface area contributed by atoms with Crippen molar-refractivity contribution in [3.05, 3.63) is 6.20 Å². The minimum absolute atomic E-state index is 0.00273. The molecule has 7 heteroatoms. The Labute approximate surface area is 102 Å². The van der Waals surface area contributed by atoms with Crippen molar-refractivity contribution in [2.45, 2.75) is 32.6 Å². The molecule has 1 aromatic rings. The summed E-state index contributed by atoms with van der Waals surface area (Å²) in [6.45, 7) is 8.50. The lowest BCUT2D eigenvalue weighted by molar-refractivity contribution is 0.252. The molecule has 0 atom stereocenters. The minimum atomic E-state index is -3.58. The number of anilines is 1. The van der Waals surface area contributed by atoms with Gasteiger partial charge in [-0.2, -0.15) is 5.10 Å². The highest BCUT2D eigenvalue weighted by atomic mass is 32.2. The minimum Gasteiger partial charge on any atom is -0.383 e. The van der Waals surface area contributed by atoms with Crippen LogP contribution in [-0.2, 0) is 10.0 Å². The molecule has 0 aliphatic carbocycles. The number of nitrogens with two attached hydrogens (primary N) is 1. The molecule has 1 aromatic heterocycles. The summed E-state index contributed by atoms with van der Waals surface area (Å²) in [4.78, 5) is -0.00273. The van der Waals surface area contributed by atoms with E-state index in [0.29, 0.717) is 12.5 Å². The molecule has 0 aliphatic rings. The molecule has 0 radical (unpaired) electrons. The molecule has 6 nitrogen and oxygen atoms in total. The van der Waals surface area contributed by atoms with E-state index in [4.69, 9.17) is 5.73 Å². The first kappa shape index (κ1) is 14.0. The van der Waals surface area contributed by atoms with Crippen LogP contribution in [0.4, 0.5) is 5.82 Å².